The zero-order valence-corrected chi connectivity index (χ0v) is 31.7. The number of amides is 4. The van der Waals surface area contributed by atoms with Crippen molar-refractivity contribution in [2.24, 2.45) is 11.5 Å². The zero-order chi connectivity index (χ0) is 40.7. The van der Waals surface area contributed by atoms with Gasteiger partial charge in [0.05, 0.1) is 0 Å². The summed E-state index contributed by atoms with van der Waals surface area (Å²) in [7, 11) is 0. The van der Waals surface area contributed by atoms with Gasteiger partial charge in [-0.15, -0.1) is 0 Å². The lowest BCUT2D eigenvalue weighted by Gasteiger charge is -2.25. The number of rotatable bonds is 19. The van der Waals surface area contributed by atoms with Gasteiger partial charge >= 0.3 is 11.7 Å². The van der Waals surface area contributed by atoms with Crippen molar-refractivity contribution in [1.29, 1.82) is 5.41 Å². The Hall–Kier alpha value is -6.68. The van der Waals surface area contributed by atoms with Crippen LogP contribution in [0.15, 0.2) is 94.3 Å². The molecule has 300 valence electrons. The standard InChI is InChI=1S/C41H49N9O7/c1-25-20-36(51)57-35-22-28(16-17-29(25)35)47-37(52)33(15-9-19-45-40(43)44)48-38(53)32(14-7-8-18-42)49-39(54)34(21-27-23-46-31-13-6-5-12-30(27)31)50-41(55)56-24-26-10-3-2-4-11-26/h2-6,10-13,16-17,20,22-23,32-34,46H,7-9,14-15,18-19,21,24,42H2,1H3,(H,47,52)(H,48,53)(H,49,54)(H,50,55)(H4,43,44,45)/t32-,33-,34-/m0/s1. The Morgan fingerprint density at radius 3 is 2.28 bits per heavy atom. The third-order valence-electron chi connectivity index (χ3n) is 9.34. The Bertz CT molecular complexity index is 2240. The van der Waals surface area contributed by atoms with Crippen molar-refractivity contribution in [2.75, 3.05) is 18.4 Å². The number of para-hydroxylation sites is 1. The summed E-state index contributed by atoms with van der Waals surface area (Å²) >= 11 is 0. The highest BCUT2D eigenvalue weighted by atomic mass is 16.5. The molecular formula is C41H49N9O7. The number of alkyl carbamates (subject to hydrolysis) is 1. The van der Waals surface area contributed by atoms with Crippen LogP contribution in [0.2, 0.25) is 0 Å². The van der Waals surface area contributed by atoms with Crippen LogP contribution in [-0.2, 0) is 32.1 Å². The van der Waals surface area contributed by atoms with Crippen LogP contribution in [0.4, 0.5) is 10.5 Å². The third-order valence-corrected chi connectivity index (χ3v) is 9.34. The van der Waals surface area contributed by atoms with Gasteiger partial charge in [-0.1, -0.05) is 48.5 Å². The van der Waals surface area contributed by atoms with E-state index in [0.717, 1.165) is 22.0 Å². The first-order valence-electron chi connectivity index (χ1n) is 18.8. The Kier molecular flexibility index (Phi) is 14.8. The molecule has 0 fully saturated rings. The quantitative estimate of drug-likeness (QED) is 0.0255. The van der Waals surface area contributed by atoms with Crippen LogP contribution >= 0.6 is 0 Å². The minimum absolute atomic E-state index is 0.0170. The maximum Gasteiger partial charge on any atom is 0.408 e. The molecule has 11 N–H and O–H groups in total. The molecule has 0 aliphatic carbocycles. The fourth-order valence-electron chi connectivity index (χ4n) is 6.37. The van der Waals surface area contributed by atoms with E-state index in [1.807, 2.05) is 54.6 Å². The number of aromatic amines is 1. The number of carbonyl (C=O) groups is 4. The smallest absolute Gasteiger partial charge is 0.408 e. The van der Waals surface area contributed by atoms with E-state index < -0.39 is 47.6 Å². The predicted octanol–water partition coefficient (Wildman–Crippen LogP) is 3.42. The number of hydrogen-bond donors (Lipinski definition) is 9. The number of H-pyrrole nitrogens is 1. The average molecular weight is 780 g/mol. The molecule has 0 aliphatic heterocycles. The summed E-state index contributed by atoms with van der Waals surface area (Å²) in [5, 5.41) is 22.8. The number of unbranched alkanes of at least 4 members (excludes halogenated alkanes) is 1. The number of hydrogen-bond acceptors (Lipinski definition) is 9. The first-order valence-corrected chi connectivity index (χ1v) is 18.8. The molecule has 3 aromatic carbocycles. The molecule has 0 radical (unpaired) electrons. The van der Waals surface area contributed by atoms with Gasteiger partial charge in [0.1, 0.15) is 30.3 Å². The van der Waals surface area contributed by atoms with Gasteiger partial charge in [-0.3, -0.25) is 19.8 Å². The number of anilines is 1. The Balaban J connectivity index is 1.34. The molecule has 5 rings (SSSR count). The van der Waals surface area contributed by atoms with E-state index in [2.05, 4.69) is 31.6 Å². The Morgan fingerprint density at radius 1 is 0.825 bits per heavy atom. The summed E-state index contributed by atoms with van der Waals surface area (Å²) < 4.78 is 10.8. The van der Waals surface area contributed by atoms with Gasteiger partial charge in [0.15, 0.2) is 5.96 Å². The summed E-state index contributed by atoms with van der Waals surface area (Å²) in [5.74, 6) is -2.06. The van der Waals surface area contributed by atoms with Crippen LogP contribution in [0.5, 0.6) is 0 Å². The first kappa shape index (κ1) is 41.5. The summed E-state index contributed by atoms with van der Waals surface area (Å²) in [6.45, 7) is 2.38. The van der Waals surface area contributed by atoms with Crippen molar-refractivity contribution < 1.29 is 28.3 Å². The lowest BCUT2D eigenvalue weighted by Crippen LogP contribution is -2.56. The second-order valence-corrected chi connectivity index (χ2v) is 13.7. The second-order valence-electron chi connectivity index (χ2n) is 13.7. The van der Waals surface area contributed by atoms with E-state index in [1.165, 1.54) is 12.1 Å². The van der Waals surface area contributed by atoms with Crippen LogP contribution in [0.1, 0.15) is 48.8 Å². The average Bonchev–Trinajstić information content (AvgIpc) is 3.60. The van der Waals surface area contributed by atoms with Gasteiger partial charge < -0.3 is 52.2 Å². The van der Waals surface area contributed by atoms with E-state index >= 15 is 0 Å². The molecule has 5 aromatic rings. The number of nitrogens with one attached hydrogen (secondary N) is 7. The minimum Gasteiger partial charge on any atom is -0.445 e. The van der Waals surface area contributed by atoms with Gasteiger partial charge in [-0.25, -0.2) is 9.59 Å². The van der Waals surface area contributed by atoms with Gasteiger partial charge in [0.2, 0.25) is 17.7 Å². The van der Waals surface area contributed by atoms with E-state index in [0.29, 0.717) is 42.4 Å². The largest absolute Gasteiger partial charge is 0.445 e. The number of carbonyl (C=O) groups excluding carboxylic acids is 4. The fourth-order valence-corrected chi connectivity index (χ4v) is 6.37. The monoisotopic (exact) mass is 779 g/mol. The number of nitrogens with two attached hydrogens (primary N) is 2. The van der Waals surface area contributed by atoms with Crippen molar-refractivity contribution in [3.05, 3.63) is 112 Å². The van der Waals surface area contributed by atoms with Crippen LogP contribution in [0.3, 0.4) is 0 Å². The van der Waals surface area contributed by atoms with Crippen molar-refractivity contribution in [2.45, 2.75) is 70.2 Å². The number of aromatic nitrogens is 1. The van der Waals surface area contributed by atoms with Crippen molar-refractivity contribution in [3.8, 4) is 0 Å². The minimum atomic E-state index is -1.15. The number of fused-ring (bicyclic) bond motifs is 2. The molecule has 16 heteroatoms. The number of aryl methyl sites for hydroxylation is 1. The third kappa shape index (κ3) is 12.2. The summed E-state index contributed by atoms with van der Waals surface area (Å²) in [4.78, 5) is 70.2. The highest BCUT2D eigenvalue weighted by Crippen LogP contribution is 2.22. The molecule has 0 unspecified atom stereocenters. The second kappa shape index (κ2) is 20.3. The molecule has 0 saturated heterocycles. The van der Waals surface area contributed by atoms with Crippen LogP contribution < -0.4 is 43.7 Å². The SMILES string of the molecule is Cc1cc(=O)oc2cc(NC(=O)[C@H](CCCNC(=N)N)NC(=O)[C@H](CCCCN)NC(=O)[C@H](Cc3c[nH]c4ccccc34)NC(=O)OCc3ccccc3)ccc12. The highest BCUT2D eigenvalue weighted by molar-refractivity contribution is 6.00. The van der Waals surface area contributed by atoms with Gasteiger partial charge in [0, 0.05) is 53.3 Å². The summed E-state index contributed by atoms with van der Waals surface area (Å²) in [5.41, 5.74) is 14.4. The van der Waals surface area contributed by atoms with Gasteiger partial charge in [-0.05, 0) is 80.5 Å². The maximum absolute atomic E-state index is 14.1. The highest BCUT2D eigenvalue weighted by Gasteiger charge is 2.30. The lowest BCUT2D eigenvalue weighted by atomic mass is 10.0. The number of ether oxygens (including phenoxy) is 1. The molecule has 0 aliphatic rings. The Labute approximate surface area is 329 Å². The molecule has 16 nitrogen and oxygen atoms in total. The molecule has 0 bridgehead atoms. The Morgan fingerprint density at radius 2 is 1.53 bits per heavy atom. The molecule has 2 heterocycles. The lowest BCUT2D eigenvalue weighted by molar-refractivity contribution is -0.132. The van der Waals surface area contributed by atoms with E-state index in [4.69, 9.17) is 26.0 Å². The predicted molar refractivity (Wildman–Crippen MR) is 217 cm³/mol. The summed E-state index contributed by atoms with van der Waals surface area (Å²) in [6, 6.07) is 19.6. The molecule has 0 spiro atoms. The maximum atomic E-state index is 14.1. The topological polar surface area (TPSA) is 260 Å². The van der Waals surface area contributed by atoms with Crippen LogP contribution in [-0.4, -0.2) is 66.0 Å². The molecular weight excluding hydrogens is 731 g/mol. The normalized spacial score (nSPS) is 12.6. The molecule has 57 heavy (non-hydrogen) atoms. The van der Waals surface area contributed by atoms with Crippen LogP contribution in [0, 0.1) is 12.3 Å². The van der Waals surface area contributed by atoms with E-state index in [9.17, 15) is 24.0 Å². The molecule has 2 aromatic heterocycles. The first-order chi connectivity index (χ1) is 27.5. The van der Waals surface area contributed by atoms with E-state index in [-0.39, 0.29) is 44.0 Å². The molecule has 3 atom stereocenters. The van der Waals surface area contributed by atoms with Gasteiger partial charge in [0.25, 0.3) is 0 Å². The fraction of sp³-hybridized carbons (Fsp3) is 0.317. The van der Waals surface area contributed by atoms with E-state index in [1.54, 1.807) is 25.3 Å². The molecule has 0 saturated carbocycles. The zero-order valence-electron chi connectivity index (χ0n) is 31.7. The van der Waals surface area contributed by atoms with Crippen molar-refractivity contribution >= 4 is 57.3 Å². The van der Waals surface area contributed by atoms with Crippen molar-refractivity contribution in [1.82, 2.24) is 26.3 Å². The van der Waals surface area contributed by atoms with Gasteiger partial charge in [-0.2, -0.15) is 0 Å². The summed E-state index contributed by atoms with van der Waals surface area (Å²) in [6.07, 6.45) is 2.75. The number of guanidine groups is 1. The van der Waals surface area contributed by atoms with Crippen molar-refractivity contribution in [3.63, 3.8) is 0 Å². The molecule has 4 amide bonds. The van der Waals surface area contributed by atoms with Crippen LogP contribution in [0.25, 0.3) is 21.9 Å². The number of benzene rings is 3.